The van der Waals surface area contributed by atoms with Gasteiger partial charge in [0.15, 0.2) is 0 Å². The number of aromatic nitrogens is 1. The molecule has 0 unspecified atom stereocenters. The molecule has 1 aliphatic heterocycles. The van der Waals surface area contributed by atoms with Crippen molar-refractivity contribution >= 4 is 21.7 Å². The SMILES string of the molecule is CC1CCN(c2ncc(Br)cc2CNC(C)C)CC1. The van der Waals surface area contributed by atoms with Gasteiger partial charge in [-0.1, -0.05) is 20.8 Å². The molecule has 0 aliphatic carbocycles. The van der Waals surface area contributed by atoms with E-state index in [-0.39, 0.29) is 0 Å². The van der Waals surface area contributed by atoms with Crippen LogP contribution in [0.15, 0.2) is 16.7 Å². The number of hydrogen-bond donors (Lipinski definition) is 1. The molecule has 19 heavy (non-hydrogen) atoms. The number of rotatable bonds is 4. The molecule has 0 radical (unpaired) electrons. The summed E-state index contributed by atoms with van der Waals surface area (Å²) >= 11 is 3.53. The summed E-state index contributed by atoms with van der Waals surface area (Å²) in [6.07, 6.45) is 4.45. The van der Waals surface area contributed by atoms with Crippen molar-refractivity contribution in [3.63, 3.8) is 0 Å². The maximum absolute atomic E-state index is 4.64. The van der Waals surface area contributed by atoms with E-state index in [1.54, 1.807) is 0 Å². The van der Waals surface area contributed by atoms with Crippen molar-refractivity contribution in [2.24, 2.45) is 5.92 Å². The zero-order valence-corrected chi connectivity index (χ0v) is 13.7. The maximum atomic E-state index is 4.64. The molecule has 0 atom stereocenters. The largest absolute Gasteiger partial charge is 0.356 e. The molecule has 1 N–H and O–H groups in total. The summed E-state index contributed by atoms with van der Waals surface area (Å²) in [6.45, 7) is 9.83. The highest BCUT2D eigenvalue weighted by atomic mass is 79.9. The van der Waals surface area contributed by atoms with Crippen LogP contribution in [0.1, 0.15) is 39.2 Å². The zero-order chi connectivity index (χ0) is 13.8. The zero-order valence-electron chi connectivity index (χ0n) is 12.1. The molecule has 0 amide bonds. The summed E-state index contributed by atoms with van der Waals surface area (Å²) in [5, 5.41) is 3.49. The van der Waals surface area contributed by atoms with Gasteiger partial charge in [-0.2, -0.15) is 0 Å². The Bertz CT molecular complexity index is 412. The normalized spacial score (nSPS) is 17.2. The van der Waals surface area contributed by atoms with Crippen molar-refractivity contribution in [1.29, 1.82) is 0 Å². The van der Waals surface area contributed by atoms with Crippen LogP contribution in [0.4, 0.5) is 5.82 Å². The van der Waals surface area contributed by atoms with Crippen LogP contribution in [-0.2, 0) is 6.54 Å². The first-order valence-electron chi connectivity index (χ1n) is 7.19. The van der Waals surface area contributed by atoms with Crippen LogP contribution in [0.5, 0.6) is 0 Å². The van der Waals surface area contributed by atoms with E-state index in [0.29, 0.717) is 6.04 Å². The summed E-state index contributed by atoms with van der Waals surface area (Å²) in [7, 11) is 0. The summed E-state index contributed by atoms with van der Waals surface area (Å²) in [6, 6.07) is 2.68. The molecule has 1 aromatic rings. The predicted molar refractivity (Wildman–Crippen MR) is 84.5 cm³/mol. The second kappa shape index (κ2) is 6.71. The Balaban J connectivity index is 2.14. The van der Waals surface area contributed by atoms with Gasteiger partial charge in [-0.05, 0) is 40.8 Å². The molecule has 1 aromatic heterocycles. The summed E-state index contributed by atoms with van der Waals surface area (Å²) in [5.41, 5.74) is 1.29. The van der Waals surface area contributed by atoms with E-state index in [1.165, 1.54) is 18.4 Å². The predicted octanol–water partition coefficient (Wildman–Crippen LogP) is 3.58. The van der Waals surface area contributed by atoms with E-state index in [1.807, 2.05) is 6.20 Å². The second-order valence-corrected chi connectivity index (χ2v) is 6.76. The minimum atomic E-state index is 0.494. The van der Waals surface area contributed by atoms with Gasteiger partial charge in [-0.25, -0.2) is 4.98 Å². The van der Waals surface area contributed by atoms with E-state index in [0.717, 1.165) is 35.8 Å². The van der Waals surface area contributed by atoms with Crippen molar-refractivity contribution in [2.45, 2.75) is 46.2 Å². The van der Waals surface area contributed by atoms with Gasteiger partial charge < -0.3 is 10.2 Å². The summed E-state index contributed by atoms with van der Waals surface area (Å²) < 4.78 is 1.06. The summed E-state index contributed by atoms with van der Waals surface area (Å²) in [4.78, 5) is 7.08. The third-order valence-corrected chi connectivity index (χ3v) is 4.13. The van der Waals surface area contributed by atoms with Gasteiger partial charge in [0, 0.05) is 41.9 Å². The fourth-order valence-electron chi connectivity index (χ4n) is 2.42. The minimum Gasteiger partial charge on any atom is -0.356 e. The molecule has 3 nitrogen and oxygen atoms in total. The van der Waals surface area contributed by atoms with Crippen LogP contribution in [-0.4, -0.2) is 24.1 Å². The average Bonchev–Trinajstić information content (AvgIpc) is 2.38. The van der Waals surface area contributed by atoms with E-state index in [2.05, 4.69) is 58.0 Å². The second-order valence-electron chi connectivity index (χ2n) is 5.84. The third kappa shape index (κ3) is 4.18. The first-order chi connectivity index (χ1) is 9.06. The fourth-order valence-corrected chi connectivity index (χ4v) is 2.80. The van der Waals surface area contributed by atoms with Crippen LogP contribution in [0.3, 0.4) is 0 Å². The lowest BCUT2D eigenvalue weighted by molar-refractivity contribution is 0.435. The molecule has 0 saturated carbocycles. The van der Waals surface area contributed by atoms with E-state index in [9.17, 15) is 0 Å². The molecule has 4 heteroatoms. The average molecular weight is 326 g/mol. The fraction of sp³-hybridized carbons (Fsp3) is 0.667. The van der Waals surface area contributed by atoms with E-state index < -0.39 is 0 Å². The Morgan fingerprint density at radius 1 is 1.42 bits per heavy atom. The Hall–Kier alpha value is -0.610. The number of pyridine rings is 1. The molecule has 0 spiro atoms. The topological polar surface area (TPSA) is 28.2 Å². The summed E-state index contributed by atoms with van der Waals surface area (Å²) in [5.74, 6) is 2.01. The molecule has 1 saturated heterocycles. The van der Waals surface area contributed by atoms with Gasteiger partial charge in [-0.3, -0.25) is 0 Å². The first kappa shape index (κ1) is 14.8. The van der Waals surface area contributed by atoms with Crippen molar-refractivity contribution in [3.8, 4) is 0 Å². The number of hydrogen-bond acceptors (Lipinski definition) is 3. The van der Waals surface area contributed by atoms with Gasteiger partial charge in [0.25, 0.3) is 0 Å². The minimum absolute atomic E-state index is 0.494. The lowest BCUT2D eigenvalue weighted by Crippen LogP contribution is -2.35. The molecule has 2 heterocycles. The van der Waals surface area contributed by atoms with Crippen LogP contribution in [0.25, 0.3) is 0 Å². The standard InChI is InChI=1S/C15H24BrN3/c1-11(2)17-9-13-8-14(16)10-18-15(13)19-6-4-12(3)5-7-19/h8,10-12,17H,4-7,9H2,1-3H3. The molecule has 2 rings (SSSR count). The Kier molecular flexibility index (Phi) is 5.22. The smallest absolute Gasteiger partial charge is 0.133 e. The van der Waals surface area contributed by atoms with Crippen LogP contribution in [0.2, 0.25) is 0 Å². The Morgan fingerprint density at radius 2 is 2.11 bits per heavy atom. The third-order valence-electron chi connectivity index (χ3n) is 3.69. The highest BCUT2D eigenvalue weighted by Gasteiger charge is 2.19. The molecular formula is C15H24BrN3. The van der Waals surface area contributed by atoms with E-state index in [4.69, 9.17) is 0 Å². The molecule has 1 aliphatic rings. The number of nitrogens with zero attached hydrogens (tertiary/aromatic N) is 2. The van der Waals surface area contributed by atoms with Gasteiger partial charge in [0.2, 0.25) is 0 Å². The molecule has 0 bridgehead atoms. The van der Waals surface area contributed by atoms with E-state index >= 15 is 0 Å². The van der Waals surface area contributed by atoms with Gasteiger partial charge in [0.05, 0.1) is 0 Å². The molecule has 1 fully saturated rings. The number of nitrogens with one attached hydrogen (secondary N) is 1. The Labute approximate surface area is 124 Å². The highest BCUT2D eigenvalue weighted by Crippen LogP contribution is 2.26. The maximum Gasteiger partial charge on any atom is 0.133 e. The van der Waals surface area contributed by atoms with Crippen LogP contribution >= 0.6 is 15.9 Å². The molecule has 106 valence electrons. The van der Waals surface area contributed by atoms with Crippen LogP contribution in [0, 0.1) is 5.92 Å². The molecular weight excluding hydrogens is 302 g/mol. The number of anilines is 1. The van der Waals surface area contributed by atoms with Crippen molar-refractivity contribution in [2.75, 3.05) is 18.0 Å². The lowest BCUT2D eigenvalue weighted by Gasteiger charge is -2.32. The highest BCUT2D eigenvalue weighted by molar-refractivity contribution is 9.10. The van der Waals surface area contributed by atoms with Crippen molar-refractivity contribution < 1.29 is 0 Å². The van der Waals surface area contributed by atoms with Gasteiger partial charge in [-0.15, -0.1) is 0 Å². The van der Waals surface area contributed by atoms with Crippen molar-refractivity contribution in [3.05, 3.63) is 22.3 Å². The number of piperidine rings is 1. The van der Waals surface area contributed by atoms with Gasteiger partial charge >= 0.3 is 0 Å². The number of halogens is 1. The first-order valence-corrected chi connectivity index (χ1v) is 7.98. The lowest BCUT2D eigenvalue weighted by atomic mass is 9.99. The monoisotopic (exact) mass is 325 g/mol. The van der Waals surface area contributed by atoms with Crippen LogP contribution < -0.4 is 10.2 Å². The molecule has 0 aromatic carbocycles. The van der Waals surface area contributed by atoms with Crippen molar-refractivity contribution in [1.82, 2.24) is 10.3 Å². The Morgan fingerprint density at radius 3 is 2.74 bits per heavy atom. The quantitative estimate of drug-likeness (QED) is 0.917. The van der Waals surface area contributed by atoms with Gasteiger partial charge in [0.1, 0.15) is 5.82 Å².